The van der Waals surface area contributed by atoms with E-state index in [1.54, 1.807) is 15.7 Å². The van der Waals surface area contributed by atoms with Crippen LogP contribution in [0.1, 0.15) is 18.4 Å². The molecule has 5 heterocycles. The van der Waals surface area contributed by atoms with Crippen LogP contribution in [-0.4, -0.2) is 52.1 Å². The minimum Gasteiger partial charge on any atom is -0.490 e. The Hall–Kier alpha value is -2.95. The summed E-state index contributed by atoms with van der Waals surface area (Å²) < 4.78 is 13.8. The zero-order valence-corrected chi connectivity index (χ0v) is 20.9. The van der Waals surface area contributed by atoms with Crippen molar-refractivity contribution in [3.05, 3.63) is 52.4 Å². The molecule has 4 aromatic rings. The highest BCUT2D eigenvalue weighted by Gasteiger charge is 2.26. The van der Waals surface area contributed by atoms with Gasteiger partial charge in [0, 0.05) is 18.2 Å². The van der Waals surface area contributed by atoms with E-state index in [0.29, 0.717) is 47.4 Å². The molecule has 0 saturated carbocycles. The van der Waals surface area contributed by atoms with Crippen molar-refractivity contribution in [2.24, 2.45) is 0 Å². The summed E-state index contributed by atoms with van der Waals surface area (Å²) in [5.74, 6) is 0.837. The summed E-state index contributed by atoms with van der Waals surface area (Å²) >= 11 is 2.66. The number of fused-ring (bicyclic) bond motifs is 4. The minimum absolute atomic E-state index is 0.0244. The van der Waals surface area contributed by atoms with Crippen molar-refractivity contribution >= 4 is 55.1 Å². The topological polar surface area (TPSA) is 86.6 Å². The maximum absolute atomic E-state index is 13.6. The van der Waals surface area contributed by atoms with Gasteiger partial charge in [-0.1, -0.05) is 17.8 Å². The standard InChI is InChI=1S/C25H24N4O4S2/c1-15-6-7-19-18(12-15)28(9-11-33-19)20(30)14-34-25-27-21-17-5-2-8-26-23(17)35-22(21)24(31)29(25)13-16-4-3-10-32-16/h2,5-8,12,16H,3-4,9-11,13-14H2,1H3. The molecule has 0 bridgehead atoms. The predicted molar refractivity (Wildman–Crippen MR) is 138 cm³/mol. The molecule has 2 aliphatic rings. The lowest BCUT2D eigenvalue weighted by Gasteiger charge is -2.29. The van der Waals surface area contributed by atoms with Gasteiger partial charge in [0.05, 0.1) is 36.2 Å². The molecule has 6 rings (SSSR count). The summed E-state index contributed by atoms with van der Waals surface area (Å²) in [6, 6.07) is 9.64. The van der Waals surface area contributed by atoms with E-state index in [-0.39, 0.29) is 23.3 Å². The number of aryl methyl sites for hydroxylation is 1. The second-order valence-electron chi connectivity index (χ2n) is 8.73. The molecule has 1 aromatic carbocycles. The number of thioether (sulfide) groups is 1. The number of anilines is 1. The third-order valence-corrected chi connectivity index (χ3v) is 8.38. The number of hydrogen-bond acceptors (Lipinski definition) is 8. The largest absolute Gasteiger partial charge is 0.490 e. The summed E-state index contributed by atoms with van der Waals surface area (Å²) in [7, 11) is 0. The molecule has 0 radical (unpaired) electrons. The predicted octanol–water partition coefficient (Wildman–Crippen LogP) is 4.01. The third kappa shape index (κ3) is 4.19. The number of aromatic nitrogens is 3. The third-order valence-electron chi connectivity index (χ3n) is 6.33. The van der Waals surface area contributed by atoms with Crippen LogP contribution in [0.3, 0.4) is 0 Å². The summed E-state index contributed by atoms with van der Waals surface area (Å²) in [5, 5.41) is 1.40. The van der Waals surface area contributed by atoms with E-state index >= 15 is 0 Å². The zero-order valence-electron chi connectivity index (χ0n) is 19.2. The number of amides is 1. The molecule has 1 saturated heterocycles. The minimum atomic E-state index is -0.101. The molecule has 0 aliphatic carbocycles. The molecule has 0 spiro atoms. The number of carbonyl (C=O) groups excluding carboxylic acids is 1. The molecule has 1 atom stereocenters. The van der Waals surface area contributed by atoms with Gasteiger partial charge in [-0.15, -0.1) is 11.3 Å². The maximum atomic E-state index is 13.6. The molecule has 1 fully saturated rings. The first kappa shape index (κ1) is 22.5. The molecular weight excluding hydrogens is 484 g/mol. The van der Waals surface area contributed by atoms with Gasteiger partial charge >= 0.3 is 0 Å². The first-order valence-corrected chi connectivity index (χ1v) is 13.4. The Balaban J connectivity index is 1.35. The Bertz CT molecular complexity index is 1490. The van der Waals surface area contributed by atoms with E-state index in [1.807, 2.05) is 37.3 Å². The zero-order chi connectivity index (χ0) is 23.9. The molecule has 10 heteroatoms. The van der Waals surface area contributed by atoms with Crippen LogP contribution in [0.15, 0.2) is 46.5 Å². The average molecular weight is 509 g/mol. The lowest BCUT2D eigenvalue weighted by atomic mass is 10.1. The Kier molecular flexibility index (Phi) is 5.95. The smallest absolute Gasteiger partial charge is 0.272 e. The number of rotatable bonds is 5. The van der Waals surface area contributed by atoms with Crippen molar-refractivity contribution < 1.29 is 14.3 Å². The van der Waals surface area contributed by atoms with Gasteiger partial charge < -0.3 is 14.4 Å². The van der Waals surface area contributed by atoms with Gasteiger partial charge in [-0.3, -0.25) is 14.2 Å². The number of ether oxygens (including phenoxy) is 2. The summed E-state index contributed by atoms with van der Waals surface area (Å²) in [6.45, 7) is 4.08. The highest BCUT2D eigenvalue weighted by Crippen LogP contribution is 2.34. The number of pyridine rings is 1. The van der Waals surface area contributed by atoms with E-state index in [0.717, 1.165) is 34.3 Å². The number of hydrogen-bond donors (Lipinski definition) is 0. The highest BCUT2D eigenvalue weighted by molar-refractivity contribution is 7.99. The normalized spacial score (nSPS) is 17.6. The fourth-order valence-corrected chi connectivity index (χ4v) is 6.50. The molecule has 8 nitrogen and oxygen atoms in total. The Labute approximate surface area is 209 Å². The SMILES string of the molecule is Cc1ccc2c(c1)N(C(=O)CSc1nc3c(sc4ncccc43)c(=O)n1CC1CCCO1)CCO2. The first-order chi connectivity index (χ1) is 17.1. The van der Waals surface area contributed by atoms with Crippen molar-refractivity contribution in [3.8, 4) is 5.75 Å². The van der Waals surface area contributed by atoms with Crippen molar-refractivity contribution in [2.75, 3.05) is 30.4 Å². The van der Waals surface area contributed by atoms with Crippen LogP contribution in [-0.2, 0) is 16.1 Å². The number of carbonyl (C=O) groups is 1. The van der Waals surface area contributed by atoms with Crippen LogP contribution in [0.2, 0.25) is 0 Å². The molecule has 35 heavy (non-hydrogen) atoms. The molecule has 180 valence electrons. The van der Waals surface area contributed by atoms with Crippen LogP contribution in [0.5, 0.6) is 5.75 Å². The molecule has 2 aliphatic heterocycles. The molecule has 0 N–H and O–H groups in total. The van der Waals surface area contributed by atoms with Crippen molar-refractivity contribution in [2.45, 2.75) is 37.6 Å². The van der Waals surface area contributed by atoms with Crippen molar-refractivity contribution in [1.29, 1.82) is 0 Å². The van der Waals surface area contributed by atoms with E-state index in [1.165, 1.54) is 23.1 Å². The Morgan fingerprint density at radius 1 is 1.29 bits per heavy atom. The summed E-state index contributed by atoms with van der Waals surface area (Å²) in [6.07, 6.45) is 3.59. The van der Waals surface area contributed by atoms with Gasteiger partial charge in [0.1, 0.15) is 21.9 Å². The average Bonchev–Trinajstić information content (AvgIpc) is 3.52. The lowest BCUT2D eigenvalue weighted by molar-refractivity contribution is -0.116. The molecule has 1 amide bonds. The van der Waals surface area contributed by atoms with E-state index in [2.05, 4.69) is 4.98 Å². The van der Waals surface area contributed by atoms with Crippen LogP contribution in [0.25, 0.3) is 20.4 Å². The number of thiophene rings is 1. The lowest BCUT2D eigenvalue weighted by Crippen LogP contribution is -2.39. The fourth-order valence-electron chi connectivity index (χ4n) is 4.60. The van der Waals surface area contributed by atoms with Gasteiger partial charge in [-0.05, 0) is 49.6 Å². The van der Waals surface area contributed by atoms with Crippen LogP contribution >= 0.6 is 23.1 Å². The first-order valence-electron chi connectivity index (χ1n) is 11.6. The van der Waals surface area contributed by atoms with Crippen molar-refractivity contribution in [3.63, 3.8) is 0 Å². The van der Waals surface area contributed by atoms with Gasteiger partial charge in [0.2, 0.25) is 5.91 Å². The Morgan fingerprint density at radius 2 is 2.20 bits per heavy atom. The molecule has 1 unspecified atom stereocenters. The summed E-state index contributed by atoms with van der Waals surface area (Å²) in [4.78, 5) is 38.7. The van der Waals surface area contributed by atoms with E-state index < -0.39 is 0 Å². The quantitative estimate of drug-likeness (QED) is 0.297. The van der Waals surface area contributed by atoms with E-state index in [4.69, 9.17) is 14.5 Å². The van der Waals surface area contributed by atoms with Crippen molar-refractivity contribution in [1.82, 2.24) is 14.5 Å². The monoisotopic (exact) mass is 508 g/mol. The number of nitrogens with zero attached hydrogens (tertiary/aromatic N) is 4. The van der Waals surface area contributed by atoms with Crippen LogP contribution < -0.4 is 15.2 Å². The highest BCUT2D eigenvalue weighted by atomic mass is 32.2. The van der Waals surface area contributed by atoms with Gasteiger partial charge in [-0.2, -0.15) is 0 Å². The number of benzene rings is 1. The molecular formula is C25H24N4O4S2. The van der Waals surface area contributed by atoms with Crippen LogP contribution in [0.4, 0.5) is 5.69 Å². The van der Waals surface area contributed by atoms with Gasteiger partial charge in [-0.25, -0.2) is 9.97 Å². The maximum Gasteiger partial charge on any atom is 0.272 e. The second kappa shape index (κ2) is 9.25. The Morgan fingerprint density at radius 3 is 3.06 bits per heavy atom. The summed E-state index contributed by atoms with van der Waals surface area (Å²) in [5.41, 5.74) is 2.40. The van der Waals surface area contributed by atoms with E-state index in [9.17, 15) is 9.59 Å². The second-order valence-corrected chi connectivity index (χ2v) is 10.7. The van der Waals surface area contributed by atoms with Gasteiger partial charge in [0.15, 0.2) is 5.16 Å². The fraction of sp³-hybridized carbons (Fsp3) is 0.360. The van der Waals surface area contributed by atoms with Crippen LogP contribution in [0, 0.1) is 6.92 Å². The van der Waals surface area contributed by atoms with Gasteiger partial charge in [0.25, 0.3) is 5.56 Å². The molecule has 3 aromatic heterocycles.